The Morgan fingerprint density at radius 1 is 1.03 bits per heavy atom. The summed E-state index contributed by atoms with van der Waals surface area (Å²) in [7, 11) is 0. The van der Waals surface area contributed by atoms with E-state index in [2.05, 4.69) is 11.6 Å². The fourth-order valence-corrected chi connectivity index (χ4v) is 4.67. The summed E-state index contributed by atoms with van der Waals surface area (Å²) in [4.78, 5) is 27.3. The summed E-state index contributed by atoms with van der Waals surface area (Å²) < 4.78 is 15.7. The summed E-state index contributed by atoms with van der Waals surface area (Å²) in [6, 6.07) is 19.7. The van der Waals surface area contributed by atoms with Crippen molar-refractivity contribution in [3.05, 3.63) is 121 Å². The minimum absolute atomic E-state index is 0.0835. The maximum absolute atomic E-state index is 12.7. The van der Waals surface area contributed by atoms with E-state index in [9.17, 15) is 9.59 Å². The zero-order chi connectivity index (χ0) is 23.9. The first kappa shape index (κ1) is 24.4. The second-order valence-corrected chi connectivity index (χ2v) is 9.03. The fourth-order valence-electron chi connectivity index (χ4n) is 4.29. The number of nitrogens with one attached hydrogen (secondary N) is 1. The summed E-state index contributed by atoms with van der Waals surface area (Å²) in [6.45, 7) is 5.72. The van der Waals surface area contributed by atoms with Crippen molar-refractivity contribution in [2.45, 2.75) is 31.8 Å². The summed E-state index contributed by atoms with van der Waals surface area (Å²) >= 11 is 2.05. The highest BCUT2D eigenvalue weighted by Crippen LogP contribution is 2.41. The van der Waals surface area contributed by atoms with E-state index in [1.165, 1.54) is 0 Å². The van der Waals surface area contributed by atoms with E-state index < -0.39 is 11.2 Å². The smallest absolute Gasteiger partial charge is 0.328 e. The van der Waals surface area contributed by atoms with Crippen LogP contribution in [0.25, 0.3) is 6.08 Å². The Hall–Kier alpha value is -2.75. The van der Waals surface area contributed by atoms with Gasteiger partial charge >= 0.3 is 5.69 Å². The van der Waals surface area contributed by atoms with Crippen molar-refractivity contribution in [1.29, 1.82) is 0 Å². The van der Waals surface area contributed by atoms with Crippen LogP contribution in [0.4, 0.5) is 0 Å². The molecule has 0 unspecified atom stereocenters. The van der Waals surface area contributed by atoms with Crippen LogP contribution in [-0.4, -0.2) is 22.3 Å². The average molecular weight is 570 g/mol. The Kier molecular flexibility index (Phi) is 8.31. The molecular formula is C27H27IN2O4. The molecule has 3 atom stereocenters. The van der Waals surface area contributed by atoms with Crippen LogP contribution >= 0.6 is 22.6 Å². The molecule has 1 aliphatic rings. The van der Waals surface area contributed by atoms with Crippen molar-refractivity contribution in [3.63, 3.8) is 0 Å². The Morgan fingerprint density at radius 3 is 2.32 bits per heavy atom. The normalized spacial score (nSPS) is 20.3. The fraction of sp³-hybridized carbons (Fsp3) is 0.259. The first-order chi connectivity index (χ1) is 16.6. The van der Waals surface area contributed by atoms with E-state index >= 15 is 0 Å². The molecule has 34 heavy (non-hydrogen) atoms. The number of rotatable bonds is 9. The summed E-state index contributed by atoms with van der Waals surface area (Å²) in [5.41, 5.74) is 2.61. The number of hydrogen-bond donors (Lipinski definition) is 1. The molecule has 1 aliphatic carbocycles. The number of aromatic amines is 1. The van der Waals surface area contributed by atoms with E-state index in [-0.39, 0.29) is 18.1 Å². The Labute approximate surface area is 212 Å². The number of halogens is 1. The number of ether oxygens (including phenoxy) is 2. The molecule has 2 aromatic carbocycles. The van der Waals surface area contributed by atoms with Gasteiger partial charge in [0.25, 0.3) is 5.56 Å². The van der Waals surface area contributed by atoms with Crippen LogP contribution in [0.15, 0.2) is 92.7 Å². The van der Waals surface area contributed by atoms with Crippen LogP contribution < -0.4 is 11.2 Å². The molecule has 1 N–H and O–H groups in total. The second kappa shape index (κ2) is 11.6. The minimum atomic E-state index is -0.450. The van der Waals surface area contributed by atoms with Gasteiger partial charge in [0.05, 0.1) is 37.5 Å². The van der Waals surface area contributed by atoms with Crippen molar-refractivity contribution < 1.29 is 9.47 Å². The molecule has 1 aromatic heterocycles. The predicted molar refractivity (Wildman–Crippen MR) is 142 cm³/mol. The lowest BCUT2D eigenvalue weighted by molar-refractivity contribution is -0.0122. The second-order valence-electron chi connectivity index (χ2n) is 8.31. The molecule has 7 heteroatoms. The molecule has 0 bridgehead atoms. The average Bonchev–Trinajstić information content (AvgIpc) is 3.16. The highest BCUT2D eigenvalue weighted by molar-refractivity contribution is 14.1. The van der Waals surface area contributed by atoms with E-state index in [1.54, 1.807) is 20.9 Å². The standard InChI is InChI=1S/C27H27IN2O4/c1-19-23(18-33-16-20-8-4-2-5-9-20)25(34-17-21-10-6-3-7-11-21)14-24(19)30-15-22(12-13-28)26(31)29-27(30)32/h2-13,15,23-25H,1,14,16-18H2,(H,29,31,32)/b13-12+/t23-,24-,25-/m0/s1. The molecule has 4 rings (SSSR count). The van der Waals surface area contributed by atoms with E-state index in [1.807, 2.05) is 83.3 Å². The van der Waals surface area contributed by atoms with Gasteiger partial charge in [-0.15, -0.1) is 0 Å². The third-order valence-electron chi connectivity index (χ3n) is 6.10. The van der Waals surface area contributed by atoms with Crippen LogP contribution in [0.3, 0.4) is 0 Å². The van der Waals surface area contributed by atoms with Crippen molar-refractivity contribution in [3.8, 4) is 0 Å². The molecule has 6 nitrogen and oxygen atoms in total. The van der Waals surface area contributed by atoms with Crippen LogP contribution in [0.2, 0.25) is 0 Å². The van der Waals surface area contributed by atoms with Crippen molar-refractivity contribution in [2.75, 3.05) is 6.61 Å². The molecule has 0 saturated heterocycles. The van der Waals surface area contributed by atoms with Gasteiger partial charge in [-0.25, -0.2) is 4.79 Å². The molecule has 1 heterocycles. The lowest BCUT2D eigenvalue weighted by Crippen LogP contribution is -2.33. The van der Waals surface area contributed by atoms with E-state index in [4.69, 9.17) is 9.47 Å². The van der Waals surface area contributed by atoms with Crippen LogP contribution in [-0.2, 0) is 22.7 Å². The molecule has 0 amide bonds. The number of H-pyrrole nitrogens is 1. The molecule has 0 spiro atoms. The molecule has 1 fully saturated rings. The van der Waals surface area contributed by atoms with Gasteiger partial charge < -0.3 is 9.47 Å². The summed E-state index contributed by atoms with van der Waals surface area (Å²) in [6.07, 6.45) is 3.69. The highest BCUT2D eigenvalue weighted by Gasteiger charge is 2.40. The molecular weight excluding hydrogens is 543 g/mol. The van der Waals surface area contributed by atoms with Crippen LogP contribution in [0, 0.1) is 5.92 Å². The van der Waals surface area contributed by atoms with Gasteiger partial charge in [0.15, 0.2) is 0 Å². The maximum Gasteiger partial charge on any atom is 0.328 e. The Balaban J connectivity index is 1.55. The first-order valence-corrected chi connectivity index (χ1v) is 12.4. The monoisotopic (exact) mass is 570 g/mol. The van der Waals surface area contributed by atoms with Gasteiger partial charge in [0.1, 0.15) is 0 Å². The van der Waals surface area contributed by atoms with Crippen molar-refractivity contribution >= 4 is 28.7 Å². The highest BCUT2D eigenvalue weighted by atomic mass is 127. The molecule has 3 aromatic rings. The van der Waals surface area contributed by atoms with Gasteiger partial charge in [0, 0.05) is 12.1 Å². The molecule has 0 radical (unpaired) electrons. The number of benzene rings is 2. The quantitative estimate of drug-likeness (QED) is 0.295. The van der Waals surface area contributed by atoms with Crippen molar-refractivity contribution in [2.24, 2.45) is 5.92 Å². The number of nitrogens with zero attached hydrogens (tertiary/aromatic N) is 1. The summed E-state index contributed by atoms with van der Waals surface area (Å²) in [5.74, 6) is -0.0835. The van der Waals surface area contributed by atoms with Gasteiger partial charge in [0.2, 0.25) is 0 Å². The Bertz CT molecular complexity index is 1250. The van der Waals surface area contributed by atoms with Gasteiger partial charge in [-0.05, 0) is 33.3 Å². The van der Waals surface area contributed by atoms with Gasteiger partial charge in [-0.1, -0.05) is 89.8 Å². The maximum atomic E-state index is 12.7. The SMILES string of the molecule is C=C1[C@H](COCc2ccccc2)[C@@H](OCc2ccccc2)C[C@@H]1n1cc(/C=C/I)c(=O)[nH]c1=O. The van der Waals surface area contributed by atoms with Crippen LogP contribution in [0.1, 0.15) is 29.2 Å². The Morgan fingerprint density at radius 2 is 1.68 bits per heavy atom. The summed E-state index contributed by atoms with van der Waals surface area (Å²) in [5, 5.41) is 0. The molecule has 0 aliphatic heterocycles. The minimum Gasteiger partial charge on any atom is -0.376 e. The van der Waals surface area contributed by atoms with Gasteiger partial charge in [-0.3, -0.25) is 14.3 Å². The first-order valence-electron chi connectivity index (χ1n) is 11.1. The molecule has 176 valence electrons. The largest absolute Gasteiger partial charge is 0.376 e. The third-order valence-corrected chi connectivity index (χ3v) is 6.46. The topological polar surface area (TPSA) is 73.3 Å². The van der Waals surface area contributed by atoms with Crippen LogP contribution in [0.5, 0.6) is 0 Å². The van der Waals surface area contributed by atoms with Gasteiger partial charge in [-0.2, -0.15) is 0 Å². The predicted octanol–water partition coefficient (Wildman–Crippen LogP) is 4.86. The van der Waals surface area contributed by atoms with E-state index in [0.717, 1.165) is 16.7 Å². The lowest BCUT2D eigenvalue weighted by atomic mass is 10.0. The third kappa shape index (κ3) is 5.84. The number of aromatic nitrogens is 2. The number of hydrogen-bond acceptors (Lipinski definition) is 4. The lowest BCUT2D eigenvalue weighted by Gasteiger charge is -2.21. The van der Waals surface area contributed by atoms with E-state index in [0.29, 0.717) is 31.8 Å². The van der Waals surface area contributed by atoms with Crippen molar-refractivity contribution in [1.82, 2.24) is 9.55 Å². The zero-order valence-electron chi connectivity index (χ0n) is 18.7. The zero-order valence-corrected chi connectivity index (χ0v) is 20.9. The molecule has 1 saturated carbocycles.